The molecule has 294 valence electrons. The summed E-state index contributed by atoms with van der Waals surface area (Å²) < 4.78 is 0. The van der Waals surface area contributed by atoms with Crippen LogP contribution in [0.5, 0.6) is 0 Å². The van der Waals surface area contributed by atoms with Gasteiger partial charge in [0.05, 0.1) is 5.69 Å². The third-order valence-corrected chi connectivity index (χ3v) is 14.9. The van der Waals surface area contributed by atoms with Crippen LogP contribution in [0.25, 0.3) is 33.4 Å². The van der Waals surface area contributed by atoms with Crippen LogP contribution in [0.4, 0.5) is 17.1 Å². The summed E-state index contributed by atoms with van der Waals surface area (Å²) in [5.74, 6) is 2.07. The van der Waals surface area contributed by atoms with Gasteiger partial charge in [0.25, 0.3) is 0 Å². The number of anilines is 3. The van der Waals surface area contributed by atoms with Crippen LogP contribution in [-0.2, 0) is 5.41 Å². The zero-order chi connectivity index (χ0) is 39.1. The Bertz CT molecular complexity index is 2360. The molecule has 4 aliphatic carbocycles. The van der Waals surface area contributed by atoms with Crippen LogP contribution in [0.2, 0.25) is 0 Å². The molecular weight excluding hydrogens is 699 g/mol. The Morgan fingerprint density at radius 3 is 1.55 bits per heavy atom. The van der Waals surface area contributed by atoms with Crippen molar-refractivity contribution in [3.63, 3.8) is 0 Å². The smallest absolute Gasteiger partial charge is 0.0540 e. The summed E-state index contributed by atoms with van der Waals surface area (Å²) in [5.41, 5.74) is 19.1. The predicted octanol–water partition coefficient (Wildman–Crippen LogP) is 16.9. The topological polar surface area (TPSA) is 3.24 Å². The highest BCUT2D eigenvalue weighted by atomic mass is 15.1. The minimum Gasteiger partial charge on any atom is -0.310 e. The zero-order valence-electron chi connectivity index (χ0n) is 35.0. The summed E-state index contributed by atoms with van der Waals surface area (Å²) >= 11 is 0. The van der Waals surface area contributed by atoms with Crippen molar-refractivity contribution in [3.05, 3.63) is 161 Å². The minimum atomic E-state index is -0.0851. The van der Waals surface area contributed by atoms with Gasteiger partial charge in [0.15, 0.2) is 0 Å². The number of hydrogen-bond acceptors (Lipinski definition) is 1. The van der Waals surface area contributed by atoms with E-state index in [1.807, 2.05) is 0 Å². The summed E-state index contributed by atoms with van der Waals surface area (Å²) in [6.07, 6.45) is 20.2. The highest BCUT2D eigenvalue weighted by Gasteiger charge is 2.37. The second-order valence-corrected chi connectivity index (χ2v) is 18.8. The fraction of sp³-hybridized carbons (Fsp3) is 0.368. The van der Waals surface area contributed by atoms with Crippen molar-refractivity contribution in [3.8, 4) is 33.4 Å². The van der Waals surface area contributed by atoms with Crippen molar-refractivity contribution in [2.24, 2.45) is 0 Å². The Hall–Kier alpha value is -4.88. The molecular formula is C57H61N. The number of hydrogen-bond donors (Lipinski definition) is 0. The molecule has 0 aliphatic heterocycles. The lowest BCUT2D eigenvalue weighted by Gasteiger charge is -2.30. The minimum absolute atomic E-state index is 0.0851. The summed E-state index contributed by atoms with van der Waals surface area (Å²) in [6, 6.07) is 52.2. The number of nitrogens with zero attached hydrogens (tertiary/aromatic N) is 1. The van der Waals surface area contributed by atoms with Crippen molar-refractivity contribution in [2.45, 2.75) is 133 Å². The molecule has 4 aliphatic rings. The van der Waals surface area contributed by atoms with Gasteiger partial charge in [-0.1, -0.05) is 175 Å². The third-order valence-electron chi connectivity index (χ3n) is 14.9. The molecule has 3 saturated carbocycles. The number of benzene rings is 6. The Morgan fingerprint density at radius 1 is 0.397 bits per heavy atom. The van der Waals surface area contributed by atoms with Crippen LogP contribution in [-0.4, -0.2) is 0 Å². The van der Waals surface area contributed by atoms with E-state index in [0.717, 1.165) is 0 Å². The van der Waals surface area contributed by atoms with Crippen LogP contribution in [0.15, 0.2) is 133 Å². The molecule has 0 bridgehead atoms. The molecule has 6 aromatic rings. The highest BCUT2D eigenvalue weighted by molar-refractivity contribution is 5.91. The van der Waals surface area contributed by atoms with Crippen molar-refractivity contribution in [2.75, 3.05) is 4.90 Å². The zero-order valence-corrected chi connectivity index (χ0v) is 35.0. The number of fused-ring (bicyclic) bond motifs is 3. The van der Waals surface area contributed by atoms with Gasteiger partial charge in [-0.3, -0.25) is 0 Å². The maximum atomic E-state index is 2.58. The summed E-state index contributed by atoms with van der Waals surface area (Å²) in [6.45, 7) is 4.91. The van der Waals surface area contributed by atoms with Crippen LogP contribution in [0, 0.1) is 0 Å². The molecule has 0 heterocycles. The van der Waals surface area contributed by atoms with Crippen molar-refractivity contribution in [1.29, 1.82) is 0 Å². The molecule has 0 amide bonds. The van der Waals surface area contributed by atoms with Crippen molar-refractivity contribution >= 4 is 17.1 Å². The van der Waals surface area contributed by atoms with Gasteiger partial charge in [0, 0.05) is 22.4 Å². The Labute approximate surface area is 348 Å². The van der Waals surface area contributed by atoms with Gasteiger partial charge in [-0.25, -0.2) is 0 Å². The molecule has 0 atom stereocenters. The molecule has 1 nitrogen and oxygen atoms in total. The molecule has 0 spiro atoms. The fourth-order valence-electron chi connectivity index (χ4n) is 11.6. The predicted molar refractivity (Wildman–Crippen MR) is 247 cm³/mol. The average molecular weight is 760 g/mol. The normalized spacial score (nSPS) is 18.4. The second-order valence-electron chi connectivity index (χ2n) is 18.8. The van der Waals surface area contributed by atoms with Gasteiger partial charge in [0.1, 0.15) is 0 Å². The molecule has 1 heteroatoms. The van der Waals surface area contributed by atoms with Gasteiger partial charge in [-0.05, 0) is 142 Å². The van der Waals surface area contributed by atoms with Crippen LogP contribution >= 0.6 is 0 Å². The van der Waals surface area contributed by atoms with E-state index in [9.17, 15) is 0 Å². The maximum Gasteiger partial charge on any atom is 0.0540 e. The van der Waals surface area contributed by atoms with Gasteiger partial charge in [-0.2, -0.15) is 0 Å². The lowest BCUT2D eigenvalue weighted by atomic mass is 9.79. The van der Waals surface area contributed by atoms with Gasteiger partial charge in [-0.15, -0.1) is 0 Å². The number of para-hydroxylation sites is 1. The molecule has 0 unspecified atom stereocenters. The molecule has 0 radical (unpaired) electrons. The third kappa shape index (κ3) is 7.03. The lowest BCUT2D eigenvalue weighted by Crippen LogP contribution is -2.17. The average Bonchev–Trinajstić information content (AvgIpc) is 3.52. The van der Waals surface area contributed by atoms with Crippen LogP contribution in [0.1, 0.15) is 156 Å². The first-order valence-electron chi connectivity index (χ1n) is 23.0. The molecule has 6 aromatic carbocycles. The van der Waals surface area contributed by atoms with Gasteiger partial charge < -0.3 is 4.90 Å². The summed E-state index contributed by atoms with van der Waals surface area (Å²) in [5, 5.41) is 0. The van der Waals surface area contributed by atoms with E-state index >= 15 is 0 Å². The lowest BCUT2D eigenvalue weighted by molar-refractivity contribution is 0.443. The molecule has 0 aromatic heterocycles. The largest absolute Gasteiger partial charge is 0.310 e. The van der Waals surface area contributed by atoms with E-state index < -0.39 is 0 Å². The monoisotopic (exact) mass is 759 g/mol. The molecule has 0 N–H and O–H groups in total. The Balaban J connectivity index is 1.06. The van der Waals surface area contributed by atoms with E-state index in [4.69, 9.17) is 0 Å². The van der Waals surface area contributed by atoms with Gasteiger partial charge >= 0.3 is 0 Å². The Morgan fingerprint density at radius 2 is 0.879 bits per heavy atom. The van der Waals surface area contributed by atoms with E-state index in [1.165, 1.54) is 169 Å². The summed E-state index contributed by atoms with van der Waals surface area (Å²) in [4.78, 5) is 2.54. The quantitative estimate of drug-likeness (QED) is 0.149. The maximum absolute atomic E-state index is 2.58. The Kier molecular flexibility index (Phi) is 10.3. The first kappa shape index (κ1) is 37.4. The molecule has 3 fully saturated rings. The van der Waals surface area contributed by atoms with Gasteiger partial charge in [0.2, 0.25) is 0 Å². The first-order valence-corrected chi connectivity index (χ1v) is 23.0. The second kappa shape index (κ2) is 16.1. The highest BCUT2D eigenvalue weighted by Crippen LogP contribution is 2.53. The van der Waals surface area contributed by atoms with E-state index in [0.29, 0.717) is 17.8 Å². The molecule has 58 heavy (non-hydrogen) atoms. The fourth-order valence-corrected chi connectivity index (χ4v) is 11.6. The van der Waals surface area contributed by atoms with E-state index in [1.54, 1.807) is 5.56 Å². The molecule has 0 saturated heterocycles. The van der Waals surface area contributed by atoms with Crippen LogP contribution in [0.3, 0.4) is 0 Å². The van der Waals surface area contributed by atoms with E-state index in [2.05, 4.69) is 152 Å². The summed E-state index contributed by atoms with van der Waals surface area (Å²) in [7, 11) is 0. The van der Waals surface area contributed by atoms with Crippen molar-refractivity contribution in [1.82, 2.24) is 0 Å². The van der Waals surface area contributed by atoms with E-state index in [-0.39, 0.29) is 5.41 Å². The molecule has 10 rings (SSSR count). The first-order chi connectivity index (χ1) is 28.5. The SMILES string of the molecule is CC1(C)c2cc(C3CCCCC3)ccc2-c2ccc(N(c3ccc(-c4ccccc4C4CCCCC4)cc3)c3ccccc3-c3ccc(C4CCCCC4)cc3)cc21. The number of rotatable bonds is 8. The van der Waals surface area contributed by atoms with Crippen LogP contribution < -0.4 is 4.90 Å². The standard InChI is InChI=1S/C57H61N/c1-57(2)54-38-46(41-18-8-4-9-19-41)32-36-52(54)53-37-35-48(39-55(53)57)58(47-33-30-44(31-34-47)50-23-13-12-22-49(50)43-20-10-5-11-21-43)56-25-15-14-24-51(56)45-28-26-42(27-29-45)40-16-6-3-7-17-40/h12-15,22-41,43H,3-11,16-21H2,1-2H3. The van der Waals surface area contributed by atoms with Crippen molar-refractivity contribution < 1.29 is 0 Å².